The number of rotatable bonds is 2. The molecule has 1 fully saturated rings. The Labute approximate surface area is 117 Å². The minimum atomic E-state index is 0.126. The Hall–Kier alpha value is -0.870. The largest absolute Gasteiger partial charge is 0.368 e. The number of anilines is 1. The Balaban J connectivity index is 2.32. The van der Waals surface area contributed by atoms with Crippen molar-refractivity contribution in [1.82, 2.24) is 4.90 Å². The molecule has 0 atom stereocenters. The average molecular weight is 311 g/mol. The zero-order chi connectivity index (χ0) is 13.3. The van der Waals surface area contributed by atoms with E-state index >= 15 is 0 Å². The summed E-state index contributed by atoms with van der Waals surface area (Å²) >= 11 is 3.48. The molecule has 0 aromatic heterocycles. The highest BCUT2D eigenvalue weighted by atomic mass is 79.9. The van der Waals surface area contributed by atoms with E-state index in [0.717, 1.165) is 41.6 Å². The van der Waals surface area contributed by atoms with E-state index in [0.29, 0.717) is 0 Å². The maximum atomic E-state index is 11.2. The summed E-state index contributed by atoms with van der Waals surface area (Å²) in [7, 11) is 2.15. The van der Waals surface area contributed by atoms with E-state index < -0.39 is 0 Å². The first-order valence-electron chi connectivity index (χ1n) is 6.15. The van der Waals surface area contributed by atoms with Crippen LogP contribution >= 0.6 is 15.9 Å². The van der Waals surface area contributed by atoms with E-state index in [4.69, 9.17) is 0 Å². The molecule has 1 aromatic carbocycles. The molecule has 0 unspecified atom stereocenters. The van der Waals surface area contributed by atoms with Gasteiger partial charge in [-0.05, 0) is 39.1 Å². The number of hydrogen-bond donors (Lipinski definition) is 0. The molecular weight excluding hydrogens is 292 g/mol. The van der Waals surface area contributed by atoms with Crippen LogP contribution in [0.15, 0.2) is 22.7 Å². The lowest BCUT2D eigenvalue weighted by Crippen LogP contribution is -2.57. The van der Waals surface area contributed by atoms with Crippen LogP contribution in [-0.2, 0) is 0 Å². The van der Waals surface area contributed by atoms with E-state index in [1.54, 1.807) is 0 Å². The van der Waals surface area contributed by atoms with Gasteiger partial charge in [0.25, 0.3) is 0 Å². The van der Waals surface area contributed by atoms with E-state index in [2.05, 4.69) is 46.6 Å². The van der Waals surface area contributed by atoms with Crippen LogP contribution in [0, 0.1) is 0 Å². The normalized spacial score (nSPS) is 19.9. The molecule has 18 heavy (non-hydrogen) atoms. The molecule has 0 bridgehead atoms. The summed E-state index contributed by atoms with van der Waals surface area (Å²) in [6.07, 6.45) is 0.938. The van der Waals surface area contributed by atoms with Crippen LogP contribution in [0.3, 0.4) is 0 Å². The lowest BCUT2D eigenvalue weighted by Gasteiger charge is -2.46. The summed E-state index contributed by atoms with van der Waals surface area (Å²) < 4.78 is 1.01. The number of carbonyl (C=O) groups is 1. The molecule has 1 aromatic rings. The summed E-state index contributed by atoms with van der Waals surface area (Å²) in [5, 5.41) is 0. The number of hydrogen-bond acceptors (Lipinski definition) is 3. The monoisotopic (exact) mass is 310 g/mol. The molecule has 0 aliphatic carbocycles. The Morgan fingerprint density at radius 2 is 2.06 bits per heavy atom. The molecule has 0 radical (unpaired) electrons. The fourth-order valence-corrected chi connectivity index (χ4v) is 2.69. The lowest BCUT2D eigenvalue weighted by atomic mass is 9.98. The zero-order valence-electron chi connectivity index (χ0n) is 11.1. The Bertz CT molecular complexity index is 459. The van der Waals surface area contributed by atoms with Crippen molar-refractivity contribution in [2.45, 2.75) is 19.4 Å². The third kappa shape index (κ3) is 2.59. The van der Waals surface area contributed by atoms with Crippen LogP contribution in [0.25, 0.3) is 0 Å². The fraction of sp³-hybridized carbons (Fsp3) is 0.500. The van der Waals surface area contributed by atoms with Gasteiger partial charge in [-0.2, -0.15) is 0 Å². The molecule has 0 N–H and O–H groups in total. The molecule has 0 amide bonds. The van der Waals surface area contributed by atoms with Gasteiger partial charge in [-0.15, -0.1) is 0 Å². The van der Waals surface area contributed by atoms with Crippen molar-refractivity contribution >= 4 is 27.9 Å². The maximum absolute atomic E-state index is 11.2. The molecule has 2 rings (SSSR count). The van der Waals surface area contributed by atoms with E-state index in [9.17, 15) is 4.79 Å². The average Bonchev–Trinajstić information content (AvgIpc) is 2.32. The molecule has 3 nitrogen and oxygen atoms in total. The maximum Gasteiger partial charge on any atom is 0.152 e. The van der Waals surface area contributed by atoms with Crippen molar-refractivity contribution in [2.75, 3.05) is 31.6 Å². The Morgan fingerprint density at radius 1 is 1.33 bits per heavy atom. The fourth-order valence-electron chi connectivity index (χ4n) is 2.34. The van der Waals surface area contributed by atoms with E-state index in [-0.39, 0.29) is 5.54 Å². The molecule has 1 aliphatic rings. The lowest BCUT2D eigenvalue weighted by molar-refractivity contribution is 0.112. The standard InChI is InChI=1S/C14H19BrN2O/c1-14(2)10-17(7-6-16(14)3)13-8-12(15)5-4-11(13)9-18/h4-5,8-9H,6-7,10H2,1-3H3. The highest BCUT2D eigenvalue weighted by molar-refractivity contribution is 9.10. The second-order valence-corrected chi connectivity index (χ2v) is 6.39. The summed E-state index contributed by atoms with van der Waals surface area (Å²) in [6.45, 7) is 7.37. The van der Waals surface area contributed by atoms with Crippen molar-refractivity contribution < 1.29 is 4.79 Å². The first kappa shape index (κ1) is 13.6. The smallest absolute Gasteiger partial charge is 0.152 e. The van der Waals surface area contributed by atoms with Gasteiger partial charge in [0, 0.05) is 40.9 Å². The Kier molecular flexibility index (Phi) is 3.78. The van der Waals surface area contributed by atoms with Crippen LogP contribution in [-0.4, -0.2) is 43.4 Å². The molecule has 1 heterocycles. The molecular formula is C14H19BrN2O. The SMILES string of the molecule is CN1CCN(c2cc(Br)ccc2C=O)CC1(C)C. The third-order valence-corrected chi connectivity index (χ3v) is 4.27. The van der Waals surface area contributed by atoms with Gasteiger partial charge in [0.05, 0.1) is 0 Å². The van der Waals surface area contributed by atoms with Crippen molar-refractivity contribution in [3.8, 4) is 0 Å². The predicted molar refractivity (Wildman–Crippen MR) is 78.5 cm³/mol. The summed E-state index contributed by atoms with van der Waals surface area (Å²) in [5.41, 5.74) is 1.92. The summed E-state index contributed by atoms with van der Waals surface area (Å²) in [6, 6.07) is 5.82. The van der Waals surface area contributed by atoms with Crippen molar-refractivity contribution in [2.24, 2.45) is 0 Å². The first-order valence-corrected chi connectivity index (χ1v) is 6.94. The second-order valence-electron chi connectivity index (χ2n) is 5.48. The number of carbonyl (C=O) groups excluding carboxylic acids is 1. The highest BCUT2D eigenvalue weighted by Crippen LogP contribution is 2.28. The molecule has 1 saturated heterocycles. The molecule has 4 heteroatoms. The van der Waals surface area contributed by atoms with Gasteiger partial charge in [-0.3, -0.25) is 9.69 Å². The van der Waals surface area contributed by atoms with Gasteiger partial charge >= 0.3 is 0 Å². The topological polar surface area (TPSA) is 23.6 Å². The van der Waals surface area contributed by atoms with E-state index in [1.165, 1.54) is 0 Å². The second kappa shape index (κ2) is 5.02. The van der Waals surface area contributed by atoms with E-state index in [1.807, 2.05) is 18.2 Å². The van der Waals surface area contributed by atoms with Crippen LogP contribution < -0.4 is 4.90 Å². The number of likely N-dealkylation sites (N-methyl/N-ethyl adjacent to an activating group) is 1. The predicted octanol–water partition coefficient (Wildman–Crippen LogP) is 2.79. The minimum absolute atomic E-state index is 0.126. The van der Waals surface area contributed by atoms with Crippen molar-refractivity contribution in [3.63, 3.8) is 0 Å². The summed E-state index contributed by atoms with van der Waals surface area (Å²) in [5.74, 6) is 0. The quantitative estimate of drug-likeness (QED) is 0.785. The number of halogens is 1. The zero-order valence-corrected chi connectivity index (χ0v) is 12.7. The number of aldehydes is 1. The molecule has 0 saturated carbocycles. The van der Waals surface area contributed by atoms with Gasteiger partial charge < -0.3 is 4.90 Å². The number of benzene rings is 1. The van der Waals surface area contributed by atoms with Gasteiger partial charge in [-0.25, -0.2) is 0 Å². The molecule has 98 valence electrons. The van der Waals surface area contributed by atoms with Crippen molar-refractivity contribution in [1.29, 1.82) is 0 Å². The van der Waals surface area contributed by atoms with Crippen LogP contribution in [0.5, 0.6) is 0 Å². The van der Waals surface area contributed by atoms with Crippen molar-refractivity contribution in [3.05, 3.63) is 28.2 Å². The molecule has 0 spiro atoms. The van der Waals surface area contributed by atoms with Crippen LogP contribution in [0.2, 0.25) is 0 Å². The van der Waals surface area contributed by atoms with Gasteiger partial charge in [0.1, 0.15) is 0 Å². The summed E-state index contributed by atoms with van der Waals surface area (Å²) in [4.78, 5) is 15.8. The van der Waals surface area contributed by atoms with Gasteiger partial charge in [0.2, 0.25) is 0 Å². The van der Waals surface area contributed by atoms with Crippen LogP contribution in [0.4, 0.5) is 5.69 Å². The number of nitrogens with zero attached hydrogens (tertiary/aromatic N) is 2. The first-order chi connectivity index (χ1) is 8.44. The van der Waals surface area contributed by atoms with Crippen LogP contribution in [0.1, 0.15) is 24.2 Å². The highest BCUT2D eigenvalue weighted by Gasteiger charge is 2.31. The molecule has 1 aliphatic heterocycles. The minimum Gasteiger partial charge on any atom is -0.368 e. The van der Waals surface area contributed by atoms with Gasteiger partial charge in [0.15, 0.2) is 6.29 Å². The number of piperazine rings is 1. The third-order valence-electron chi connectivity index (χ3n) is 3.78. The Morgan fingerprint density at radius 3 is 2.67 bits per heavy atom. The van der Waals surface area contributed by atoms with Gasteiger partial charge in [-0.1, -0.05) is 15.9 Å².